The van der Waals surface area contributed by atoms with Gasteiger partial charge in [0.1, 0.15) is 11.6 Å². The number of hydrogen-bond donors (Lipinski definition) is 1. The molecule has 1 N–H and O–H groups in total. The number of H-pyrrole nitrogens is 1. The van der Waals surface area contributed by atoms with Crippen LogP contribution in [0.2, 0.25) is 0 Å². The molecule has 1 aliphatic rings. The van der Waals surface area contributed by atoms with E-state index in [2.05, 4.69) is 4.98 Å². The smallest absolute Gasteiger partial charge is 0.338 e. The minimum atomic E-state index is -4.38. The summed E-state index contributed by atoms with van der Waals surface area (Å²) in [5.41, 5.74) is 0.981. The normalized spacial score (nSPS) is 13.8. The molecule has 0 aliphatic carbocycles. The lowest BCUT2D eigenvalue weighted by molar-refractivity contribution is -0.137. The van der Waals surface area contributed by atoms with Gasteiger partial charge in [0.15, 0.2) is 0 Å². The van der Waals surface area contributed by atoms with Crippen LogP contribution < -0.4 is 5.56 Å². The van der Waals surface area contributed by atoms with Crippen LogP contribution in [0, 0.1) is 11.3 Å². The molecule has 1 aromatic carbocycles. The van der Waals surface area contributed by atoms with E-state index in [4.69, 9.17) is 5.26 Å². The Hall–Kier alpha value is -3.08. The number of nitriles is 1. The number of hydrogen-bond acceptors (Lipinski definition) is 3. The molecule has 0 atom stereocenters. The van der Waals surface area contributed by atoms with Crippen LogP contribution in [0.1, 0.15) is 34.4 Å². The Bertz CT molecular complexity index is 956. The molecule has 0 fully saturated rings. The van der Waals surface area contributed by atoms with Gasteiger partial charge in [-0.3, -0.25) is 9.59 Å². The zero-order chi connectivity index (χ0) is 19.6. The predicted octanol–water partition coefficient (Wildman–Crippen LogP) is 2.78. The van der Waals surface area contributed by atoms with Gasteiger partial charge in [0, 0.05) is 31.6 Å². The number of aromatic nitrogens is 1. The molecule has 0 bridgehead atoms. The molecule has 8 heteroatoms. The Morgan fingerprint density at radius 2 is 1.96 bits per heavy atom. The summed E-state index contributed by atoms with van der Waals surface area (Å²) in [7, 11) is 0. The number of carbonyl (C=O) groups excluding carboxylic acids is 1. The van der Waals surface area contributed by atoms with Gasteiger partial charge >= 0.3 is 6.18 Å². The second-order valence-electron chi connectivity index (χ2n) is 6.39. The molecule has 0 unspecified atom stereocenters. The largest absolute Gasteiger partial charge is 0.416 e. The monoisotopic (exact) mass is 375 g/mol. The molecule has 1 aliphatic heterocycles. The van der Waals surface area contributed by atoms with E-state index in [1.807, 2.05) is 6.07 Å². The number of nitrogens with one attached hydrogen (secondary N) is 1. The van der Waals surface area contributed by atoms with Crippen molar-refractivity contribution in [2.24, 2.45) is 0 Å². The lowest BCUT2D eigenvalue weighted by Crippen LogP contribution is -2.37. The van der Waals surface area contributed by atoms with Crippen molar-refractivity contribution >= 4 is 5.91 Å². The predicted molar refractivity (Wildman–Crippen MR) is 90.7 cm³/mol. The second kappa shape index (κ2) is 7.27. The van der Waals surface area contributed by atoms with Gasteiger partial charge in [-0.15, -0.1) is 0 Å². The Kier molecular flexibility index (Phi) is 5.04. The number of benzene rings is 1. The molecular formula is C19H16F3N3O2. The number of pyridine rings is 1. The fourth-order valence-electron chi connectivity index (χ4n) is 3.07. The zero-order valence-electron chi connectivity index (χ0n) is 14.3. The highest BCUT2D eigenvalue weighted by Gasteiger charge is 2.30. The first-order valence-electron chi connectivity index (χ1n) is 8.37. The molecule has 3 rings (SSSR count). The number of nitrogens with zero attached hydrogens (tertiary/aromatic N) is 2. The van der Waals surface area contributed by atoms with E-state index >= 15 is 0 Å². The van der Waals surface area contributed by atoms with Crippen LogP contribution in [0.5, 0.6) is 0 Å². The van der Waals surface area contributed by atoms with E-state index in [1.54, 1.807) is 4.90 Å². The molecular weight excluding hydrogens is 359 g/mol. The lowest BCUT2D eigenvalue weighted by Gasteiger charge is -2.28. The highest BCUT2D eigenvalue weighted by Crippen LogP contribution is 2.29. The summed E-state index contributed by atoms with van der Waals surface area (Å²) in [6.07, 6.45) is -3.37. The van der Waals surface area contributed by atoms with Crippen LogP contribution in [0.15, 0.2) is 35.1 Å². The average Bonchev–Trinajstić information content (AvgIpc) is 2.64. The Morgan fingerprint density at radius 3 is 2.59 bits per heavy atom. The Balaban J connectivity index is 1.62. The van der Waals surface area contributed by atoms with Crippen LogP contribution in [-0.4, -0.2) is 22.3 Å². The van der Waals surface area contributed by atoms with Crippen molar-refractivity contribution in [3.63, 3.8) is 0 Å². The number of aromatic amines is 1. The SMILES string of the molecule is N#Cc1cc2c([nH]c1=O)CCN(C(=O)CCc1ccc(C(F)(F)F)cc1)C2. The summed E-state index contributed by atoms with van der Waals surface area (Å²) in [5.74, 6) is -0.120. The maximum Gasteiger partial charge on any atom is 0.416 e. The third kappa shape index (κ3) is 4.19. The summed E-state index contributed by atoms with van der Waals surface area (Å²) < 4.78 is 37.7. The fraction of sp³-hybridized carbons (Fsp3) is 0.316. The number of carbonyl (C=O) groups is 1. The van der Waals surface area contributed by atoms with Gasteiger partial charge in [0.05, 0.1) is 5.56 Å². The third-order valence-electron chi connectivity index (χ3n) is 4.59. The molecule has 27 heavy (non-hydrogen) atoms. The standard InChI is InChI=1S/C19H16F3N3O2/c20-19(21,22)15-4-1-12(2-5-15)3-6-17(26)25-8-7-16-14(11-25)9-13(10-23)18(27)24-16/h1-2,4-5,9H,3,6-8,11H2,(H,24,27). The first kappa shape index (κ1) is 18.7. The maximum absolute atomic E-state index is 12.6. The number of halogens is 3. The average molecular weight is 375 g/mol. The Labute approximate surface area is 153 Å². The molecule has 0 spiro atoms. The number of aryl methyl sites for hydroxylation is 1. The van der Waals surface area contributed by atoms with Crippen LogP contribution >= 0.6 is 0 Å². The molecule has 140 valence electrons. The molecule has 1 aromatic heterocycles. The van der Waals surface area contributed by atoms with Crippen molar-refractivity contribution in [3.05, 3.63) is 68.6 Å². The van der Waals surface area contributed by atoms with E-state index in [9.17, 15) is 22.8 Å². The molecule has 2 heterocycles. The van der Waals surface area contributed by atoms with E-state index in [0.717, 1.165) is 23.4 Å². The number of amides is 1. The fourth-order valence-corrected chi connectivity index (χ4v) is 3.07. The topological polar surface area (TPSA) is 77.0 Å². The minimum Gasteiger partial charge on any atom is -0.338 e. The summed E-state index contributed by atoms with van der Waals surface area (Å²) in [6.45, 7) is 0.743. The van der Waals surface area contributed by atoms with Crippen molar-refractivity contribution in [3.8, 4) is 6.07 Å². The quantitative estimate of drug-likeness (QED) is 0.896. The summed E-state index contributed by atoms with van der Waals surface area (Å²) in [4.78, 5) is 28.4. The number of fused-ring (bicyclic) bond motifs is 1. The summed E-state index contributed by atoms with van der Waals surface area (Å²) in [6, 6.07) is 8.11. The minimum absolute atomic E-state index is 0.00723. The molecule has 5 nitrogen and oxygen atoms in total. The Morgan fingerprint density at radius 1 is 1.26 bits per heavy atom. The second-order valence-corrected chi connectivity index (χ2v) is 6.39. The van der Waals surface area contributed by atoms with Gasteiger partial charge in [0.2, 0.25) is 5.91 Å². The molecule has 1 amide bonds. The van der Waals surface area contributed by atoms with Crippen LogP contribution in [0.25, 0.3) is 0 Å². The third-order valence-corrected chi connectivity index (χ3v) is 4.59. The maximum atomic E-state index is 12.6. The van der Waals surface area contributed by atoms with E-state index in [-0.39, 0.29) is 17.9 Å². The number of rotatable bonds is 3. The van der Waals surface area contributed by atoms with Gasteiger partial charge in [-0.2, -0.15) is 18.4 Å². The lowest BCUT2D eigenvalue weighted by atomic mass is 10.0. The number of alkyl halides is 3. The van der Waals surface area contributed by atoms with Crippen molar-refractivity contribution < 1.29 is 18.0 Å². The van der Waals surface area contributed by atoms with Crippen molar-refractivity contribution in [1.82, 2.24) is 9.88 Å². The van der Waals surface area contributed by atoms with Gasteiger partial charge in [-0.1, -0.05) is 12.1 Å². The highest BCUT2D eigenvalue weighted by atomic mass is 19.4. The van der Waals surface area contributed by atoms with Crippen molar-refractivity contribution in [2.45, 2.75) is 32.0 Å². The molecule has 0 saturated heterocycles. The van der Waals surface area contributed by atoms with Gasteiger partial charge in [0.25, 0.3) is 5.56 Å². The summed E-state index contributed by atoms with van der Waals surface area (Å²) in [5, 5.41) is 8.95. The van der Waals surface area contributed by atoms with Crippen LogP contribution in [-0.2, 0) is 30.4 Å². The van der Waals surface area contributed by atoms with Crippen LogP contribution in [0.4, 0.5) is 13.2 Å². The molecule has 0 saturated carbocycles. The zero-order valence-corrected chi connectivity index (χ0v) is 14.3. The van der Waals surface area contributed by atoms with Crippen molar-refractivity contribution in [2.75, 3.05) is 6.54 Å². The van der Waals surface area contributed by atoms with Crippen LogP contribution in [0.3, 0.4) is 0 Å². The van der Waals surface area contributed by atoms with E-state index in [0.29, 0.717) is 31.5 Å². The van der Waals surface area contributed by atoms with E-state index in [1.165, 1.54) is 18.2 Å². The first-order chi connectivity index (χ1) is 12.8. The molecule has 0 radical (unpaired) electrons. The highest BCUT2D eigenvalue weighted by molar-refractivity contribution is 5.76. The first-order valence-corrected chi connectivity index (χ1v) is 8.37. The van der Waals surface area contributed by atoms with Gasteiger partial charge < -0.3 is 9.88 Å². The van der Waals surface area contributed by atoms with E-state index < -0.39 is 17.3 Å². The summed E-state index contributed by atoms with van der Waals surface area (Å²) >= 11 is 0. The van der Waals surface area contributed by atoms with Crippen molar-refractivity contribution in [1.29, 1.82) is 5.26 Å². The van der Waals surface area contributed by atoms with Gasteiger partial charge in [-0.25, -0.2) is 0 Å². The molecule has 2 aromatic rings. The van der Waals surface area contributed by atoms with Gasteiger partial charge in [-0.05, 0) is 35.7 Å².